The predicted octanol–water partition coefficient (Wildman–Crippen LogP) is 3.09. The summed E-state index contributed by atoms with van der Waals surface area (Å²) in [5.74, 6) is 2.63. The van der Waals surface area contributed by atoms with Gasteiger partial charge in [0.1, 0.15) is 12.4 Å². The van der Waals surface area contributed by atoms with Crippen LogP contribution in [0.5, 0.6) is 0 Å². The maximum absolute atomic E-state index is 5.58. The zero-order valence-electron chi connectivity index (χ0n) is 16.2. The Morgan fingerprint density at radius 3 is 2.85 bits per heavy atom. The number of hydrogen-bond acceptors (Lipinski definition) is 4. The SMILES string of the molecule is CCNC(=NCCCOCc1ccco1)NCCC1CCN(C)CC1.I. The van der Waals surface area contributed by atoms with Crippen LogP contribution < -0.4 is 10.6 Å². The molecule has 1 aliphatic rings. The Morgan fingerprint density at radius 2 is 2.15 bits per heavy atom. The molecule has 0 bridgehead atoms. The van der Waals surface area contributed by atoms with Gasteiger partial charge in [-0.25, -0.2) is 0 Å². The van der Waals surface area contributed by atoms with Crippen molar-refractivity contribution in [2.24, 2.45) is 10.9 Å². The molecule has 1 aliphatic heterocycles. The average Bonchev–Trinajstić information content (AvgIpc) is 3.13. The summed E-state index contributed by atoms with van der Waals surface area (Å²) in [6.07, 6.45) is 6.44. The van der Waals surface area contributed by atoms with E-state index in [-0.39, 0.29) is 24.0 Å². The molecule has 2 heterocycles. The van der Waals surface area contributed by atoms with Gasteiger partial charge in [0, 0.05) is 26.2 Å². The zero-order chi connectivity index (χ0) is 17.7. The molecule has 1 aromatic heterocycles. The Balaban J connectivity index is 0.00000338. The van der Waals surface area contributed by atoms with Gasteiger partial charge in [0.05, 0.1) is 6.26 Å². The molecular formula is C19H35IN4O2. The molecule has 1 saturated heterocycles. The van der Waals surface area contributed by atoms with Crippen molar-refractivity contribution in [1.82, 2.24) is 15.5 Å². The number of halogens is 1. The van der Waals surface area contributed by atoms with Crippen molar-refractivity contribution in [3.8, 4) is 0 Å². The lowest BCUT2D eigenvalue weighted by Gasteiger charge is -2.29. The van der Waals surface area contributed by atoms with Gasteiger partial charge in [0.25, 0.3) is 0 Å². The first-order valence-corrected chi connectivity index (χ1v) is 9.58. The highest BCUT2D eigenvalue weighted by Crippen LogP contribution is 2.18. The van der Waals surface area contributed by atoms with Crippen molar-refractivity contribution in [2.45, 2.75) is 39.2 Å². The van der Waals surface area contributed by atoms with Crippen molar-refractivity contribution < 1.29 is 9.15 Å². The van der Waals surface area contributed by atoms with Crippen LogP contribution >= 0.6 is 24.0 Å². The highest BCUT2D eigenvalue weighted by atomic mass is 127. The molecule has 6 nitrogen and oxygen atoms in total. The van der Waals surface area contributed by atoms with E-state index in [2.05, 4.69) is 34.5 Å². The van der Waals surface area contributed by atoms with Crippen LogP contribution in [0, 0.1) is 5.92 Å². The summed E-state index contributed by atoms with van der Waals surface area (Å²) in [7, 11) is 2.21. The molecular weight excluding hydrogens is 443 g/mol. The van der Waals surface area contributed by atoms with Gasteiger partial charge in [0.2, 0.25) is 0 Å². The number of aliphatic imine (C=N–C) groups is 1. The number of nitrogens with one attached hydrogen (secondary N) is 2. The third-order valence-electron chi connectivity index (χ3n) is 4.57. The average molecular weight is 478 g/mol. The van der Waals surface area contributed by atoms with Crippen molar-refractivity contribution >= 4 is 29.9 Å². The molecule has 1 aromatic rings. The summed E-state index contributed by atoms with van der Waals surface area (Å²) in [5.41, 5.74) is 0. The summed E-state index contributed by atoms with van der Waals surface area (Å²) < 4.78 is 10.8. The molecule has 0 radical (unpaired) electrons. The van der Waals surface area contributed by atoms with Gasteiger partial charge in [-0.3, -0.25) is 4.99 Å². The molecule has 150 valence electrons. The molecule has 0 spiro atoms. The van der Waals surface area contributed by atoms with Crippen molar-refractivity contribution in [1.29, 1.82) is 0 Å². The Kier molecular flexibility index (Phi) is 12.8. The first kappa shape index (κ1) is 23.2. The van der Waals surface area contributed by atoms with Crippen LogP contribution in [-0.4, -0.2) is 57.2 Å². The molecule has 7 heteroatoms. The van der Waals surface area contributed by atoms with Gasteiger partial charge in [-0.1, -0.05) is 0 Å². The van der Waals surface area contributed by atoms with E-state index in [1.165, 1.54) is 32.4 Å². The minimum absolute atomic E-state index is 0. The number of guanidine groups is 1. The highest BCUT2D eigenvalue weighted by Gasteiger charge is 2.16. The van der Waals surface area contributed by atoms with E-state index in [0.29, 0.717) is 13.2 Å². The molecule has 2 rings (SSSR count). The second-order valence-electron chi connectivity index (χ2n) is 6.71. The molecule has 0 aliphatic carbocycles. The largest absolute Gasteiger partial charge is 0.467 e. The van der Waals surface area contributed by atoms with Crippen LogP contribution in [0.3, 0.4) is 0 Å². The highest BCUT2D eigenvalue weighted by molar-refractivity contribution is 14.0. The van der Waals surface area contributed by atoms with E-state index < -0.39 is 0 Å². The monoisotopic (exact) mass is 478 g/mol. The molecule has 0 saturated carbocycles. The summed E-state index contributed by atoms with van der Waals surface area (Å²) in [4.78, 5) is 7.05. The Labute approximate surface area is 175 Å². The molecule has 0 amide bonds. The summed E-state index contributed by atoms with van der Waals surface area (Å²) in [5, 5.41) is 6.78. The molecule has 0 atom stereocenters. The zero-order valence-corrected chi connectivity index (χ0v) is 18.5. The summed E-state index contributed by atoms with van der Waals surface area (Å²) >= 11 is 0. The molecule has 0 aromatic carbocycles. The maximum Gasteiger partial charge on any atom is 0.191 e. The Bertz CT molecular complexity index is 474. The van der Waals surface area contributed by atoms with E-state index in [0.717, 1.165) is 43.7 Å². The topological polar surface area (TPSA) is 62.0 Å². The van der Waals surface area contributed by atoms with Crippen LogP contribution in [-0.2, 0) is 11.3 Å². The van der Waals surface area contributed by atoms with E-state index in [9.17, 15) is 0 Å². The fourth-order valence-corrected chi connectivity index (χ4v) is 3.01. The number of rotatable bonds is 10. The van der Waals surface area contributed by atoms with Gasteiger partial charge in [-0.15, -0.1) is 24.0 Å². The van der Waals surface area contributed by atoms with Crippen LogP contribution in [0.2, 0.25) is 0 Å². The van der Waals surface area contributed by atoms with Gasteiger partial charge >= 0.3 is 0 Å². The minimum atomic E-state index is 0. The van der Waals surface area contributed by atoms with Crippen LogP contribution in [0.1, 0.15) is 38.4 Å². The lowest BCUT2D eigenvalue weighted by Crippen LogP contribution is -2.39. The van der Waals surface area contributed by atoms with Crippen LogP contribution in [0.25, 0.3) is 0 Å². The van der Waals surface area contributed by atoms with Crippen LogP contribution in [0.15, 0.2) is 27.8 Å². The van der Waals surface area contributed by atoms with E-state index in [1.807, 2.05) is 12.1 Å². The minimum Gasteiger partial charge on any atom is -0.467 e. The number of furan rings is 1. The van der Waals surface area contributed by atoms with Gasteiger partial charge in [-0.05, 0) is 70.8 Å². The van der Waals surface area contributed by atoms with Gasteiger partial charge in [0.15, 0.2) is 5.96 Å². The van der Waals surface area contributed by atoms with E-state index >= 15 is 0 Å². The molecule has 26 heavy (non-hydrogen) atoms. The molecule has 0 unspecified atom stereocenters. The molecule has 1 fully saturated rings. The summed E-state index contributed by atoms with van der Waals surface area (Å²) in [6, 6.07) is 3.80. The quantitative estimate of drug-likeness (QED) is 0.234. The lowest BCUT2D eigenvalue weighted by atomic mass is 9.94. The normalized spacial score (nSPS) is 16.3. The second kappa shape index (κ2) is 14.3. The predicted molar refractivity (Wildman–Crippen MR) is 117 cm³/mol. The Hall–Kier alpha value is -0.800. The summed E-state index contributed by atoms with van der Waals surface area (Å²) in [6.45, 7) is 8.44. The third-order valence-corrected chi connectivity index (χ3v) is 4.57. The Morgan fingerprint density at radius 1 is 1.35 bits per heavy atom. The number of ether oxygens (including phenoxy) is 1. The van der Waals surface area contributed by atoms with Gasteiger partial charge < -0.3 is 24.7 Å². The van der Waals surface area contributed by atoms with E-state index in [1.54, 1.807) is 6.26 Å². The van der Waals surface area contributed by atoms with Crippen molar-refractivity contribution in [3.05, 3.63) is 24.2 Å². The van der Waals surface area contributed by atoms with Crippen molar-refractivity contribution in [3.63, 3.8) is 0 Å². The first-order chi connectivity index (χ1) is 12.3. The van der Waals surface area contributed by atoms with E-state index in [4.69, 9.17) is 9.15 Å². The first-order valence-electron chi connectivity index (χ1n) is 9.58. The van der Waals surface area contributed by atoms with Crippen molar-refractivity contribution in [2.75, 3.05) is 46.4 Å². The number of hydrogen-bond donors (Lipinski definition) is 2. The third kappa shape index (κ3) is 9.78. The van der Waals surface area contributed by atoms with Gasteiger partial charge in [-0.2, -0.15) is 0 Å². The van der Waals surface area contributed by atoms with Crippen LogP contribution in [0.4, 0.5) is 0 Å². The smallest absolute Gasteiger partial charge is 0.191 e. The fourth-order valence-electron chi connectivity index (χ4n) is 3.01. The number of likely N-dealkylation sites (tertiary alicyclic amines) is 1. The number of nitrogens with zero attached hydrogens (tertiary/aromatic N) is 2. The molecule has 2 N–H and O–H groups in total. The lowest BCUT2D eigenvalue weighted by molar-refractivity contribution is 0.105. The maximum atomic E-state index is 5.58. The standard InChI is InChI=1S/C19H34N4O2.HI/c1-3-20-19(22-11-7-17-8-12-23(2)13-9-17)21-10-5-14-24-16-18-6-4-15-25-18;/h4,6,15,17H,3,5,7-14,16H2,1-2H3,(H2,20,21,22);1H. The fraction of sp³-hybridized carbons (Fsp3) is 0.737. The second-order valence-corrected chi connectivity index (χ2v) is 6.71. The number of piperidine rings is 1.